The van der Waals surface area contributed by atoms with E-state index in [4.69, 9.17) is 19.6 Å². The van der Waals surface area contributed by atoms with Crippen LogP contribution in [0.5, 0.6) is 11.5 Å². The maximum atomic E-state index is 16.6. The lowest BCUT2D eigenvalue weighted by atomic mass is 9.78. The maximum Gasteiger partial charge on any atom is 0.306 e. The third-order valence-electron chi connectivity index (χ3n) is 10.8. The van der Waals surface area contributed by atoms with Gasteiger partial charge in [-0.15, -0.1) is 0 Å². The van der Waals surface area contributed by atoms with Crippen LogP contribution in [0.4, 0.5) is 8.78 Å². The highest BCUT2D eigenvalue weighted by atomic mass is 32.2. The fraction of sp³-hybridized carbons (Fsp3) is 0.273. The molecule has 7 aromatic rings. The van der Waals surface area contributed by atoms with E-state index in [9.17, 15) is 13.2 Å². The second-order valence-electron chi connectivity index (χ2n) is 14.6. The lowest BCUT2D eigenvalue weighted by Crippen LogP contribution is -2.27. The van der Waals surface area contributed by atoms with Crippen LogP contribution in [0.25, 0.3) is 22.3 Å². The van der Waals surface area contributed by atoms with Crippen molar-refractivity contribution in [2.75, 3.05) is 18.1 Å². The molecule has 0 fully saturated rings. The van der Waals surface area contributed by atoms with Crippen LogP contribution in [0, 0.1) is 11.6 Å². The Morgan fingerprint density at radius 2 is 1.81 bits per heavy atom. The molecule has 0 spiro atoms. The van der Waals surface area contributed by atoms with Gasteiger partial charge in [0.05, 0.1) is 34.5 Å². The predicted molar refractivity (Wildman–Crippen MR) is 222 cm³/mol. The van der Waals surface area contributed by atoms with Crippen molar-refractivity contribution in [1.29, 1.82) is 0 Å². The molecular weight excluding hydrogens is 795 g/mol. The molecule has 8 rings (SSSR count). The summed E-state index contributed by atoms with van der Waals surface area (Å²) in [5.41, 5.74) is 2.66. The Hall–Kier alpha value is -5.80. The summed E-state index contributed by atoms with van der Waals surface area (Å²) in [5, 5.41) is 9.93. The fourth-order valence-corrected chi connectivity index (χ4v) is 9.96. The number of aryl methyl sites for hydroxylation is 3. The van der Waals surface area contributed by atoms with Gasteiger partial charge in [0.2, 0.25) is 0 Å². The molecule has 4 bridgehead atoms. The van der Waals surface area contributed by atoms with Crippen molar-refractivity contribution in [3.63, 3.8) is 0 Å². The number of fused-ring (bicyclic) bond motifs is 9. The van der Waals surface area contributed by atoms with E-state index in [0.29, 0.717) is 48.5 Å². The van der Waals surface area contributed by atoms with Crippen molar-refractivity contribution in [1.82, 2.24) is 28.5 Å². The zero-order valence-corrected chi connectivity index (χ0v) is 34.4. The summed E-state index contributed by atoms with van der Waals surface area (Å²) in [5.74, 6) is 0.575. The summed E-state index contributed by atoms with van der Waals surface area (Å²) >= 11 is 1.74. The first-order valence-electron chi connectivity index (χ1n) is 19.3. The molecule has 0 aliphatic carbocycles. The van der Waals surface area contributed by atoms with Gasteiger partial charge in [0, 0.05) is 60.7 Å². The van der Waals surface area contributed by atoms with Crippen molar-refractivity contribution < 1.29 is 31.5 Å². The van der Waals surface area contributed by atoms with Gasteiger partial charge in [-0.1, -0.05) is 42.5 Å². The molecule has 1 atom stereocenters. The van der Waals surface area contributed by atoms with E-state index in [-0.39, 0.29) is 52.1 Å². The average molecular weight is 837 g/mol. The first kappa shape index (κ1) is 40.0. The number of hydrogen-bond acceptors (Lipinski definition) is 9. The summed E-state index contributed by atoms with van der Waals surface area (Å²) in [4.78, 5) is 17.2. The average Bonchev–Trinajstić information content (AvgIpc) is 3.98. The normalized spacial score (nSPS) is 16.1. The highest BCUT2D eigenvalue weighted by Gasteiger charge is 2.35. The molecule has 0 N–H and O–H groups in total. The number of ether oxygens (including phenoxy) is 2. The maximum absolute atomic E-state index is 16.6. The lowest BCUT2D eigenvalue weighted by Gasteiger charge is -2.28. The van der Waals surface area contributed by atoms with Crippen LogP contribution in [0.3, 0.4) is 0 Å². The first-order valence-corrected chi connectivity index (χ1v) is 21.9. The van der Waals surface area contributed by atoms with Crippen LogP contribution in [0.1, 0.15) is 54.9 Å². The van der Waals surface area contributed by atoms with Gasteiger partial charge in [0.25, 0.3) is 10.0 Å². The fourth-order valence-electron chi connectivity index (χ4n) is 7.54. The van der Waals surface area contributed by atoms with Crippen molar-refractivity contribution in [2.24, 2.45) is 7.05 Å². The third kappa shape index (κ3) is 7.88. The molecule has 4 aromatic carbocycles. The van der Waals surface area contributed by atoms with Crippen molar-refractivity contribution in [2.45, 2.75) is 56.4 Å². The molecule has 1 aliphatic heterocycles. The summed E-state index contributed by atoms with van der Waals surface area (Å²) in [7, 11) is -2.37. The summed E-state index contributed by atoms with van der Waals surface area (Å²) in [6, 6.07) is 24.8. The Morgan fingerprint density at radius 3 is 2.63 bits per heavy atom. The monoisotopic (exact) mass is 836 g/mol. The van der Waals surface area contributed by atoms with Gasteiger partial charge in [-0.2, -0.15) is 22.0 Å². The van der Waals surface area contributed by atoms with Gasteiger partial charge in [0.15, 0.2) is 23.2 Å². The topological polar surface area (TPSA) is 123 Å². The second kappa shape index (κ2) is 16.5. The number of esters is 1. The van der Waals surface area contributed by atoms with E-state index in [0.717, 1.165) is 32.6 Å². The largest absolute Gasteiger partial charge is 0.466 e. The van der Waals surface area contributed by atoms with Crippen molar-refractivity contribution in [3.8, 4) is 22.9 Å². The van der Waals surface area contributed by atoms with E-state index in [1.165, 1.54) is 41.2 Å². The Morgan fingerprint density at radius 1 is 0.983 bits per heavy atom. The number of benzene rings is 4. The van der Waals surface area contributed by atoms with Crippen LogP contribution in [0.2, 0.25) is 0 Å². The Balaban J connectivity index is 1.23. The third-order valence-corrected chi connectivity index (χ3v) is 13.4. The Labute approximate surface area is 345 Å². The van der Waals surface area contributed by atoms with E-state index < -0.39 is 27.1 Å². The molecule has 0 saturated carbocycles. The van der Waals surface area contributed by atoms with Gasteiger partial charge < -0.3 is 9.47 Å². The quantitative estimate of drug-likeness (QED) is 0.146. The van der Waals surface area contributed by atoms with Gasteiger partial charge in [0.1, 0.15) is 11.6 Å². The number of aromatic nitrogens is 6. The SMILES string of the molecule is CCOC(=O)CCc1cccc(C2(C)CCSCCn3nccc3Cc3c(c(F)cc4c3ccn4S(=O)(=O)c3ccccc3)Oc3ccc(F)c(c3)-c3nc2nn3C)c1. The molecule has 0 amide bonds. The minimum atomic E-state index is -4.07. The molecule has 304 valence electrons. The van der Waals surface area contributed by atoms with Crippen molar-refractivity contribution >= 4 is 38.7 Å². The molecule has 59 heavy (non-hydrogen) atoms. The second-order valence-corrected chi connectivity index (χ2v) is 17.6. The number of carbonyl (C=O) groups excluding carboxylic acids is 1. The number of hydrogen-bond donors (Lipinski definition) is 0. The van der Waals surface area contributed by atoms with Gasteiger partial charge in [-0.05, 0) is 86.0 Å². The van der Waals surface area contributed by atoms with Crippen molar-refractivity contribution in [3.05, 3.63) is 143 Å². The van der Waals surface area contributed by atoms with Gasteiger partial charge in [-0.25, -0.2) is 30.8 Å². The van der Waals surface area contributed by atoms with E-state index in [1.54, 1.807) is 56.2 Å². The molecule has 1 unspecified atom stereocenters. The van der Waals surface area contributed by atoms with E-state index in [1.807, 2.05) is 28.9 Å². The van der Waals surface area contributed by atoms with E-state index in [2.05, 4.69) is 18.1 Å². The number of halogens is 2. The summed E-state index contributed by atoms with van der Waals surface area (Å²) < 4.78 is 76.0. The minimum Gasteiger partial charge on any atom is -0.466 e. The molecule has 15 heteroatoms. The van der Waals surface area contributed by atoms with Crippen LogP contribution < -0.4 is 4.74 Å². The van der Waals surface area contributed by atoms with Crippen LogP contribution in [0.15, 0.2) is 108 Å². The molecule has 4 heterocycles. The minimum absolute atomic E-state index is 0.0640. The van der Waals surface area contributed by atoms with E-state index >= 15 is 8.78 Å². The Kier molecular flexibility index (Phi) is 11.2. The van der Waals surface area contributed by atoms with Crippen LogP contribution in [-0.2, 0) is 51.4 Å². The lowest BCUT2D eigenvalue weighted by molar-refractivity contribution is -0.143. The Bertz CT molecular complexity index is 2780. The highest BCUT2D eigenvalue weighted by Crippen LogP contribution is 2.40. The smallest absolute Gasteiger partial charge is 0.306 e. The van der Waals surface area contributed by atoms with Gasteiger partial charge >= 0.3 is 5.97 Å². The summed E-state index contributed by atoms with van der Waals surface area (Å²) in [6.07, 6.45) is 4.68. The van der Waals surface area contributed by atoms with Crippen LogP contribution in [-0.4, -0.2) is 61.0 Å². The van der Waals surface area contributed by atoms with Crippen LogP contribution >= 0.6 is 11.8 Å². The number of rotatable bonds is 7. The summed E-state index contributed by atoms with van der Waals surface area (Å²) in [6.45, 7) is 4.74. The predicted octanol–water partition coefficient (Wildman–Crippen LogP) is 8.47. The highest BCUT2D eigenvalue weighted by molar-refractivity contribution is 7.99. The molecule has 0 saturated heterocycles. The zero-order valence-electron chi connectivity index (χ0n) is 32.8. The number of nitrogens with zero attached hydrogens (tertiary/aromatic N) is 6. The standard InChI is InChI=1S/C44H42F2N6O5S2/c1-4-56-40(53)16-13-29-9-8-10-30(25-29)44(2)19-23-58-24-22-51-31(17-20-47-51)26-35-34-18-21-52(59(54,55)33-11-6-5-7-12-33)39(34)28-38(46)41(35)57-32-14-15-37(45)36(27-32)42-48-43(44)49-50(42)3/h5-12,14-15,17-18,20-21,25,27-28H,4,13,16,19,22-24,26H2,1-3H3. The molecule has 3 aromatic heterocycles. The number of carbonyl (C=O) groups is 1. The number of thioether (sulfide) groups is 1. The van der Waals surface area contributed by atoms with Gasteiger partial charge in [-0.3, -0.25) is 9.48 Å². The molecule has 0 radical (unpaired) electrons. The molecular formula is C44H42F2N6O5S2. The molecule has 1 aliphatic rings. The first-order chi connectivity index (χ1) is 28.5. The zero-order chi connectivity index (χ0) is 41.3. The molecule has 11 nitrogen and oxygen atoms in total.